The van der Waals surface area contributed by atoms with Gasteiger partial charge in [-0.2, -0.15) is 0 Å². The normalized spacial score (nSPS) is 26.5. The molecule has 17 unspecified atom stereocenters. The summed E-state index contributed by atoms with van der Waals surface area (Å²) in [5.41, 5.74) is 0. The summed E-state index contributed by atoms with van der Waals surface area (Å²) < 4.78 is 34.4. The second kappa shape index (κ2) is 62.8. The zero-order valence-corrected chi connectivity index (χ0v) is 63.4. The van der Waals surface area contributed by atoms with E-state index in [0.717, 1.165) is 44.9 Å². The Morgan fingerprint density at radius 1 is 0.347 bits per heavy atom. The number of nitrogens with one attached hydrogen (secondary N) is 1. The van der Waals surface area contributed by atoms with Crippen LogP contribution in [0.15, 0.2) is 48.6 Å². The highest BCUT2D eigenvalue weighted by atomic mass is 16.8. The average Bonchev–Trinajstić information content (AvgIpc) is 0.782. The summed E-state index contributed by atoms with van der Waals surface area (Å²) in [6.07, 6.45) is 52.6. The number of amides is 1. The van der Waals surface area contributed by atoms with Crippen molar-refractivity contribution in [2.45, 2.75) is 439 Å². The molecule has 0 aromatic heterocycles. The molecular formula is C82H151NO18. The Kier molecular flexibility index (Phi) is 57.8. The molecule has 3 heterocycles. The number of aliphatic hydroxyl groups excluding tert-OH is 11. The lowest BCUT2D eigenvalue weighted by Crippen LogP contribution is -2.66. The van der Waals surface area contributed by atoms with E-state index in [-0.39, 0.29) is 18.9 Å². The number of hydrogen-bond donors (Lipinski definition) is 12. The van der Waals surface area contributed by atoms with Gasteiger partial charge in [-0.25, -0.2) is 0 Å². The molecule has 0 radical (unpaired) electrons. The van der Waals surface area contributed by atoms with Crippen LogP contribution in [0, 0.1) is 0 Å². The minimum atomic E-state index is -1.98. The highest BCUT2D eigenvalue weighted by molar-refractivity contribution is 5.76. The maximum atomic E-state index is 13.5. The second-order valence-corrected chi connectivity index (χ2v) is 29.6. The first-order valence-corrected chi connectivity index (χ1v) is 41.4. The van der Waals surface area contributed by atoms with Crippen LogP contribution in [0.1, 0.15) is 335 Å². The van der Waals surface area contributed by atoms with Crippen molar-refractivity contribution < 1.29 is 89.4 Å². The molecule has 3 aliphatic heterocycles. The van der Waals surface area contributed by atoms with Gasteiger partial charge in [0, 0.05) is 6.42 Å². The van der Waals surface area contributed by atoms with E-state index in [1.54, 1.807) is 6.08 Å². The zero-order chi connectivity index (χ0) is 73.2. The van der Waals surface area contributed by atoms with Crippen LogP contribution in [-0.2, 0) is 33.2 Å². The van der Waals surface area contributed by atoms with Crippen LogP contribution in [-0.4, -0.2) is 193 Å². The number of carbonyl (C=O) groups is 1. The third-order valence-electron chi connectivity index (χ3n) is 20.6. The molecular weight excluding hydrogens is 1290 g/mol. The summed E-state index contributed by atoms with van der Waals surface area (Å²) in [4.78, 5) is 13.5. The first kappa shape index (κ1) is 93.0. The Morgan fingerprint density at radius 3 is 0.990 bits per heavy atom. The Morgan fingerprint density at radius 2 is 0.634 bits per heavy atom. The van der Waals surface area contributed by atoms with Crippen LogP contribution >= 0.6 is 0 Å². The van der Waals surface area contributed by atoms with Gasteiger partial charge in [0.15, 0.2) is 18.9 Å². The zero-order valence-electron chi connectivity index (χ0n) is 63.4. The number of allylic oxidation sites excluding steroid dienone is 7. The molecule has 12 N–H and O–H groups in total. The molecule has 3 fully saturated rings. The fraction of sp³-hybridized carbons (Fsp3) is 0.890. The van der Waals surface area contributed by atoms with E-state index in [2.05, 4.69) is 55.6 Å². The lowest BCUT2D eigenvalue weighted by Gasteiger charge is -2.48. The van der Waals surface area contributed by atoms with Crippen molar-refractivity contribution >= 4 is 5.91 Å². The summed E-state index contributed by atoms with van der Waals surface area (Å²) in [6, 6.07) is -0.997. The monoisotopic (exact) mass is 1440 g/mol. The smallest absolute Gasteiger partial charge is 0.220 e. The van der Waals surface area contributed by atoms with Crippen molar-refractivity contribution in [1.82, 2.24) is 5.32 Å². The standard InChI is InChI=1S/C82H151NO18/c1-3-5-7-9-11-13-15-17-19-21-23-25-26-27-28-29-30-31-32-33-34-35-36-37-38-40-42-44-46-48-50-52-54-56-58-60-70(88)83-65(66(87)59-57-55-53-51-49-47-45-43-41-39-24-22-20-18-16-14-12-10-8-6-4-2)64-96-80-76(94)73(91)78(68(62-85)98-80)101-82-77(95)74(92)79(69(63-86)99-82)100-81-75(93)72(90)71(89)67(61-84)97-81/h21,23,41,43,49,51,57,59,65-69,71-82,84-87,89-95H,3-20,22,24-40,42,44-48,50,52-56,58,60-64H2,1-2H3,(H,83,88)/b23-21-,43-41+,51-49+,59-57+. The van der Waals surface area contributed by atoms with Gasteiger partial charge in [0.2, 0.25) is 5.91 Å². The minimum Gasteiger partial charge on any atom is -0.394 e. The number of rotatable bonds is 66. The second-order valence-electron chi connectivity index (χ2n) is 29.6. The largest absolute Gasteiger partial charge is 0.394 e. The Hall–Kier alpha value is -2.25. The molecule has 19 heteroatoms. The molecule has 0 spiro atoms. The quantitative estimate of drug-likeness (QED) is 0.0199. The van der Waals surface area contributed by atoms with Crippen LogP contribution in [0.2, 0.25) is 0 Å². The van der Waals surface area contributed by atoms with Gasteiger partial charge in [0.1, 0.15) is 73.2 Å². The number of carbonyl (C=O) groups excluding carboxylic acids is 1. The first-order chi connectivity index (χ1) is 49.3. The molecule has 101 heavy (non-hydrogen) atoms. The lowest BCUT2D eigenvalue weighted by molar-refractivity contribution is -0.379. The van der Waals surface area contributed by atoms with Crippen molar-refractivity contribution in [3.05, 3.63) is 48.6 Å². The van der Waals surface area contributed by atoms with Crippen LogP contribution < -0.4 is 5.32 Å². The summed E-state index contributed by atoms with van der Waals surface area (Å²) >= 11 is 0. The van der Waals surface area contributed by atoms with Crippen molar-refractivity contribution in [1.29, 1.82) is 0 Å². The summed E-state index contributed by atoms with van der Waals surface area (Å²) in [5.74, 6) is -0.284. The van der Waals surface area contributed by atoms with E-state index in [4.69, 9.17) is 28.4 Å². The third-order valence-corrected chi connectivity index (χ3v) is 20.6. The van der Waals surface area contributed by atoms with E-state index in [1.165, 1.54) is 257 Å². The van der Waals surface area contributed by atoms with Gasteiger partial charge in [-0.3, -0.25) is 4.79 Å². The molecule has 3 rings (SSSR count). The van der Waals surface area contributed by atoms with E-state index < -0.39 is 124 Å². The lowest BCUT2D eigenvalue weighted by atomic mass is 9.96. The molecule has 19 nitrogen and oxygen atoms in total. The molecule has 0 aromatic carbocycles. The highest BCUT2D eigenvalue weighted by Crippen LogP contribution is 2.33. The van der Waals surface area contributed by atoms with Gasteiger partial charge >= 0.3 is 0 Å². The predicted octanol–water partition coefficient (Wildman–Crippen LogP) is 14.1. The number of hydrogen-bond acceptors (Lipinski definition) is 18. The fourth-order valence-corrected chi connectivity index (χ4v) is 13.9. The number of unbranched alkanes of at least 4 members (excludes halogenated alkanes) is 44. The average molecular weight is 1440 g/mol. The maximum absolute atomic E-state index is 13.5. The van der Waals surface area contributed by atoms with Gasteiger partial charge in [0.05, 0.1) is 38.6 Å². The van der Waals surface area contributed by atoms with Crippen molar-refractivity contribution in [2.24, 2.45) is 0 Å². The van der Waals surface area contributed by atoms with Crippen molar-refractivity contribution in [3.8, 4) is 0 Å². The van der Waals surface area contributed by atoms with Crippen LogP contribution in [0.3, 0.4) is 0 Å². The molecule has 3 saturated heterocycles. The number of aliphatic hydroxyl groups is 11. The molecule has 3 aliphatic rings. The van der Waals surface area contributed by atoms with Crippen LogP contribution in [0.5, 0.6) is 0 Å². The topological polar surface area (TPSA) is 307 Å². The highest BCUT2D eigenvalue weighted by Gasteiger charge is 2.54. The van der Waals surface area contributed by atoms with Crippen LogP contribution in [0.25, 0.3) is 0 Å². The minimum absolute atomic E-state index is 0.235. The molecule has 0 aromatic rings. The third kappa shape index (κ3) is 42.8. The first-order valence-electron chi connectivity index (χ1n) is 41.4. The summed E-state index contributed by atoms with van der Waals surface area (Å²) in [6.45, 7) is 1.75. The van der Waals surface area contributed by atoms with Gasteiger partial charge in [-0.15, -0.1) is 0 Å². The molecule has 0 saturated carbocycles. The Balaban J connectivity index is 1.35. The maximum Gasteiger partial charge on any atom is 0.220 e. The fourth-order valence-electron chi connectivity index (χ4n) is 13.9. The molecule has 1 amide bonds. The van der Waals surface area contributed by atoms with E-state index in [1.807, 2.05) is 6.08 Å². The van der Waals surface area contributed by atoms with Crippen molar-refractivity contribution in [2.75, 3.05) is 26.4 Å². The SMILES string of the molecule is CCCCCCCCCC/C=C\CCCCCCCCCCCCCCCCCCCCCCCCCC(=O)NC(COC1OC(CO)C(OC2OC(CO)C(OC3OC(CO)C(O)C(O)C3O)C(O)C2O)C(O)C1O)C(O)/C=C/CC/C=C/CC/C=C/CCCCCCCCCCCCC. The molecule has 17 atom stereocenters. The van der Waals surface area contributed by atoms with Gasteiger partial charge in [-0.05, 0) is 70.6 Å². The van der Waals surface area contributed by atoms with Crippen molar-refractivity contribution in [3.63, 3.8) is 0 Å². The molecule has 0 bridgehead atoms. The van der Waals surface area contributed by atoms with Gasteiger partial charge in [-0.1, -0.05) is 306 Å². The van der Waals surface area contributed by atoms with Crippen LogP contribution in [0.4, 0.5) is 0 Å². The summed E-state index contributed by atoms with van der Waals surface area (Å²) in [5, 5.41) is 121. The predicted molar refractivity (Wildman–Crippen MR) is 402 cm³/mol. The van der Waals surface area contributed by atoms with Gasteiger partial charge in [0.25, 0.3) is 0 Å². The molecule has 592 valence electrons. The van der Waals surface area contributed by atoms with Gasteiger partial charge < -0.3 is 89.9 Å². The summed E-state index contributed by atoms with van der Waals surface area (Å²) in [7, 11) is 0. The Bertz CT molecular complexity index is 2010. The van der Waals surface area contributed by atoms with E-state index in [9.17, 15) is 61.0 Å². The van der Waals surface area contributed by atoms with E-state index in [0.29, 0.717) is 12.8 Å². The van der Waals surface area contributed by atoms with E-state index >= 15 is 0 Å². The Labute approximate surface area is 612 Å². The molecule has 0 aliphatic carbocycles. The number of ether oxygens (including phenoxy) is 6.